The number of hydrogen-bond donors (Lipinski definition) is 1. The zero-order valence-electron chi connectivity index (χ0n) is 12.4. The van der Waals surface area contributed by atoms with Crippen molar-refractivity contribution in [1.82, 2.24) is 0 Å². The van der Waals surface area contributed by atoms with E-state index in [2.05, 4.69) is 19.1 Å². The maximum absolute atomic E-state index is 11.5. The molecule has 1 unspecified atom stereocenters. The van der Waals surface area contributed by atoms with Gasteiger partial charge in [0.25, 0.3) is 0 Å². The van der Waals surface area contributed by atoms with E-state index in [4.69, 9.17) is 5.73 Å². The summed E-state index contributed by atoms with van der Waals surface area (Å²) in [5, 5.41) is 0. The number of benzene rings is 2. The van der Waals surface area contributed by atoms with Crippen LogP contribution < -0.4 is 5.73 Å². The molecule has 0 fully saturated rings. The van der Waals surface area contributed by atoms with Crippen molar-refractivity contribution < 1.29 is 8.42 Å². The summed E-state index contributed by atoms with van der Waals surface area (Å²) in [6.07, 6.45) is 3.34. The minimum absolute atomic E-state index is 0.240. The predicted octanol–water partition coefficient (Wildman–Crippen LogP) is 3.09. The van der Waals surface area contributed by atoms with Crippen LogP contribution in [0.5, 0.6) is 0 Å². The first-order valence-electron chi connectivity index (χ1n) is 7.06. The lowest BCUT2D eigenvalue weighted by Gasteiger charge is -2.14. The summed E-state index contributed by atoms with van der Waals surface area (Å²) in [4.78, 5) is 0.318. The number of rotatable bonds is 5. The topological polar surface area (TPSA) is 60.2 Å². The smallest absolute Gasteiger partial charge is 0.175 e. The first kappa shape index (κ1) is 15.7. The Morgan fingerprint density at radius 1 is 1.05 bits per heavy atom. The van der Waals surface area contributed by atoms with E-state index in [1.165, 1.54) is 11.8 Å². The summed E-state index contributed by atoms with van der Waals surface area (Å²) < 4.78 is 22.9. The monoisotopic (exact) mass is 303 g/mol. The molecule has 1 atom stereocenters. The van der Waals surface area contributed by atoms with Crippen LogP contribution in [0.25, 0.3) is 0 Å². The van der Waals surface area contributed by atoms with Gasteiger partial charge in [0.2, 0.25) is 0 Å². The van der Waals surface area contributed by atoms with Crippen molar-refractivity contribution in [3.8, 4) is 0 Å². The lowest BCUT2D eigenvalue weighted by atomic mass is 9.97. The zero-order chi connectivity index (χ0) is 15.5. The number of nitrogens with two attached hydrogens (primary N) is 1. The second kappa shape index (κ2) is 6.41. The van der Waals surface area contributed by atoms with Gasteiger partial charge < -0.3 is 5.73 Å². The maximum atomic E-state index is 11.5. The molecule has 2 aromatic rings. The third-order valence-corrected chi connectivity index (χ3v) is 4.64. The van der Waals surface area contributed by atoms with E-state index in [9.17, 15) is 8.42 Å². The Bertz CT molecular complexity index is 706. The summed E-state index contributed by atoms with van der Waals surface area (Å²) >= 11 is 0. The Kier molecular flexibility index (Phi) is 4.80. The zero-order valence-corrected chi connectivity index (χ0v) is 13.2. The Labute approximate surface area is 126 Å². The molecule has 112 valence electrons. The molecule has 0 aliphatic carbocycles. The van der Waals surface area contributed by atoms with Gasteiger partial charge in [-0.15, -0.1) is 0 Å². The van der Waals surface area contributed by atoms with E-state index in [0.717, 1.165) is 24.0 Å². The molecule has 3 nitrogen and oxygen atoms in total. The predicted molar refractivity (Wildman–Crippen MR) is 86.0 cm³/mol. The van der Waals surface area contributed by atoms with Gasteiger partial charge in [-0.1, -0.05) is 49.7 Å². The van der Waals surface area contributed by atoms with Gasteiger partial charge in [0.05, 0.1) is 10.9 Å². The van der Waals surface area contributed by atoms with Gasteiger partial charge in [-0.25, -0.2) is 8.42 Å². The summed E-state index contributed by atoms with van der Waals surface area (Å²) in [5.41, 5.74) is 9.53. The van der Waals surface area contributed by atoms with Gasteiger partial charge in [-0.2, -0.15) is 0 Å². The van der Waals surface area contributed by atoms with Crippen LogP contribution in [0.2, 0.25) is 0 Å². The van der Waals surface area contributed by atoms with Gasteiger partial charge in [-0.05, 0) is 35.2 Å². The molecule has 0 heterocycles. The first-order chi connectivity index (χ1) is 9.91. The maximum Gasteiger partial charge on any atom is 0.175 e. The fraction of sp³-hybridized carbons (Fsp3) is 0.294. The van der Waals surface area contributed by atoms with Crippen LogP contribution in [0, 0.1) is 0 Å². The molecule has 2 rings (SSSR count). The summed E-state index contributed by atoms with van der Waals surface area (Å²) in [6, 6.07) is 14.8. The van der Waals surface area contributed by atoms with Crippen molar-refractivity contribution in [2.45, 2.75) is 30.7 Å². The molecular formula is C17H21NO2S. The van der Waals surface area contributed by atoms with E-state index in [1.54, 1.807) is 24.3 Å². The lowest BCUT2D eigenvalue weighted by molar-refractivity contribution is 0.602. The van der Waals surface area contributed by atoms with Crippen molar-refractivity contribution in [2.24, 2.45) is 5.73 Å². The molecule has 0 aliphatic heterocycles. The second-order valence-electron chi connectivity index (χ2n) is 5.31. The first-order valence-corrected chi connectivity index (χ1v) is 8.95. The SMILES string of the molecule is CCCc1cccc(C(N)c2ccc(S(C)(=O)=O)cc2)c1. The van der Waals surface area contributed by atoms with Crippen molar-refractivity contribution in [2.75, 3.05) is 6.26 Å². The van der Waals surface area contributed by atoms with Crippen LogP contribution in [0.4, 0.5) is 0 Å². The molecule has 2 aromatic carbocycles. The van der Waals surface area contributed by atoms with E-state index in [0.29, 0.717) is 4.90 Å². The van der Waals surface area contributed by atoms with Crippen LogP contribution in [0.1, 0.15) is 36.1 Å². The summed E-state index contributed by atoms with van der Waals surface area (Å²) in [5.74, 6) is 0. The quantitative estimate of drug-likeness (QED) is 0.923. The minimum atomic E-state index is -3.16. The highest BCUT2D eigenvalue weighted by molar-refractivity contribution is 7.90. The molecule has 0 amide bonds. The Balaban J connectivity index is 2.27. The van der Waals surface area contributed by atoms with E-state index in [1.807, 2.05) is 12.1 Å². The highest BCUT2D eigenvalue weighted by Crippen LogP contribution is 2.22. The lowest BCUT2D eigenvalue weighted by Crippen LogP contribution is -2.12. The van der Waals surface area contributed by atoms with Gasteiger partial charge in [0.15, 0.2) is 9.84 Å². The standard InChI is InChI=1S/C17H21NO2S/c1-3-5-13-6-4-7-15(12-13)17(18)14-8-10-16(11-9-14)21(2,19)20/h4,6-12,17H,3,5,18H2,1-2H3. The molecule has 0 aliphatic rings. The van der Waals surface area contributed by atoms with Crippen molar-refractivity contribution in [3.63, 3.8) is 0 Å². The van der Waals surface area contributed by atoms with E-state index in [-0.39, 0.29) is 6.04 Å². The number of hydrogen-bond acceptors (Lipinski definition) is 3. The third kappa shape index (κ3) is 3.93. The Morgan fingerprint density at radius 3 is 2.29 bits per heavy atom. The van der Waals surface area contributed by atoms with E-state index < -0.39 is 9.84 Å². The molecule has 4 heteroatoms. The molecule has 0 aromatic heterocycles. The van der Waals surface area contributed by atoms with Crippen LogP contribution in [-0.2, 0) is 16.3 Å². The Hall–Kier alpha value is -1.65. The highest BCUT2D eigenvalue weighted by Gasteiger charge is 2.11. The van der Waals surface area contributed by atoms with Crippen LogP contribution >= 0.6 is 0 Å². The van der Waals surface area contributed by atoms with Gasteiger partial charge >= 0.3 is 0 Å². The van der Waals surface area contributed by atoms with Crippen molar-refractivity contribution >= 4 is 9.84 Å². The Morgan fingerprint density at radius 2 is 1.71 bits per heavy atom. The molecule has 0 spiro atoms. The highest BCUT2D eigenvalue weighted by atomic mass is 32.2. The average molecular weight is 303 g/mol. The van der Waals surface area contributed by atoms with Crippen molar-refractivity contribution in [1.29, 1.82) is 0 Å². The summed E-state index contributed by atoms with van der Waals surface area (Å²) in [6.45, 7) is 2.15. The molecule has 0 radical (unpaired) electrons. The number of aryl methyl sites for hydroxylation is 1. The molecule has 0 saturated heterocycles. The molecule has 0 bridgehead atoms. The molecule has 21 heavy (non-hydrogen) atoms. The van der Waals surface area contributed by atoms with Crippen LogP contribution in [0.15, 0.2) is 53.4 Å². The fourth-order valence-corrected chi connectivity index (χ4v) is 2.98. The molecule has 2 N–H and O–H groups in total. The van der Waals surface area contributed by atoms with Crippen molar-refractivity contribution in [3.05, 3.63) is 65.2 Å². The van der Waals surface area contributed by atoms with E-state index >= 15 is 0 Å². The summed E-state index contributed by atoms with van der Waals surface area (Å²) in [7, 11) is -3.16. The normalized spacial score (nSPS) is 13.1. The van der Waals surface area contributed by atoms with Gasteiger partial charge in [-0.3, -0.25) is 0 Å². The largest absolute Gasteiger partial charge is 0.320 e. The fourth-order valence-electron chi connectivity index (χ4n) is 2.35. The van der Waals surface area contributed by atoms with Crippen LogP contribution in [0.3, 0.4) is 0 Å². The molecule has 0 saturated carbocycles. The van der Waals surface area contributed by atoms with Gasteiger partial charge in [0.1, 0.15) is 0 Å². The third-order valence-electron chi connectivity index (χ3n) is 3.52. The van der Waals surface area contributed by atoms with Crippen LogP contribution in [-0.4, -0.2) is 14.7 Å². The minimum Gasteiger partial charge on any atom is -0.320 e. The molecular weight excluding hydrogens is 282 g/mol. The second-order valence-corrected chi connectivity index (χ2v) is 7.33. The van der Waals surface area contributed by atoms with Gasteiger partial charge in [0, 0.05) is 6.26 Å². The number of sulfone groups is 1. The average Bonchev–Trinajstić information content (AvgIpc) is 2.46.